The van der Waals surface area contributed by atoms with Crippen molar-refractivity contribution in [1.82, 2.24) is 20.2 Å². The molecule has 0 fully saturated rings. The first-order chi connectivity index (χ1) is 11.5. The highest BCUT2D eigenvalue weighted by Gasteiger charge is 2.13. The fourth-order valence-corrected chi connectivity index (χ4v) is 2.15. The number of primary amides is 1. The van der Waals surface area contributed by atoms with E-state index in [1.165, 1.54) is 6.20 Å². The van der Waals surface area contributed by atoms with Crippen LogP contribution >= 0.6 is 0 Å². The van der Waals surface area contributed by atoms with Crippen molar-refractivity contribution >= 4 is 34.3 Å². The Hall–Kier alpha value is -3.20. The molecule has 0 aliphatic heterocycles. The number of aromatic nitrogens is 4. The number of hydrogen-bond acceptors (Lipinski definition) is 7. The molecule has 3 aromatic rings. The smallest absolute Gasteiger partial charge is 0.254 e. The molecule has 1 atom stereocenters. The SMILES string of the molecule is C[C@H](N)CNc1ncc(C(N)=O)c(Nc2ccc3[nH]ncc3c2)n1. The van der Waals surface area contributed by atoms with Gasteiger partial charge in [0.1, 0.15) is 11.4 Å². The topological polar surface area (TPSA) is 148 Å². The Kier molecular flexibility index (Phi) is 4.25. The molecule has 2 aromatic heterocycles. The zero-order valence-corrected chi connectivity index (χ0v) is 13.1. The van der Waals surface area contributed by atoms with Gasteiger partial charge < -0.3 is 22.1 Å². The van der Waals surface area contributed by atoms with Crippen molar-refractivity contribution in [2.75, 3.05) is 17.2 Å². The molecule has 9 nitrogen and oxygen atoms in total. The average Bonchev–Trinajstić information content (AvgIpc) is 3.00. The average molecular weight is 326 g/mol. The third kappa shape index (κ3) is 3.41. The van der Waals surface area contributed by atoms with Gasteiger partial charge in [-0.1, -0.05) is 0 Å². The monoisotopic (exact) mass is 326 g/mol. The number of carbonyl (C=O) groups is 1. The summed E-state index contributed by atoms with van der Waals surface area (Å²) in [7, 11) is 0. The zero-order chi connectivity index (χ0) is 17.1. The first-order valence-corrected chi connectivity index (χ1v) is 7.39. The minimum Gasteiger partial charge on any atom is -0.365 e. The molecule has 0 aliphatic carbocycles. The van der Waals surface area contributed by atoms with Gasteiger partial charge in [0.05, 0.1) is 11.7 Å². The number of amides is 1. The fourth-order valence-electron chi connectivity index (χ4n) is 2.15. The first kappa shape index (κ1) is 15.7. The van der Waals surface area contributed by atoms with Gasteiger partial charge in [-0.15, -0.1) is 0 Å². The van der Waals surface area contributed by atoms with Crippen molar-refractivity contribution in [3.63, 3.8) is 0 Å². The first-order valence-electron chi connectivity index (χ1n) is 7.39. The standard InChI is InChI=1S/C15H18N8O/c1-8(16)5-18-15-19-7-11(13(17)24)14(22-15)21-10-2-3-12-9(4-10)6-20-23-12/h2-4,6-8H,5,16H2,1H3,(H2,17,24)(H,20,23)(H2,18,19,21,22)/t8-/m0/s1. The lowest BCUT2D eigenvalue weighted by atomic mass is 10.2. The maximum absolute atomic E-state index is 11.6. The fraction of sp³-hybridized carbons (Fsp3) is 0.200. The number of H-pyrrole nitrogens is 1. The zero-order valence-electron chi connectivity index (χ0n) is 13.1. The molecule has 0 aliphatic rings. The molecular formula is C15H18N8O. The van der Waals surface area contributed by atoms with E-state index in [1.54, 1.807) is 6.20 Å². The number of anilines is 3. The Morgan fingerprint density at radius 3 is 2.96 bits per heavy atom. The quantitative estimate of drug-likeness (QED) is 0.453. The van der Waals surface area contributed by atoms with Crippen molar-refractivity contribution in [1.29, 1.82) is 0 Å². The Morgan fingerprint density at radius 1 is 1.38 bits per heavy atom. The number of hydrogen-bond donors (Lipinski definition) is 5. The lowest BCUT2D eigenvalue weighted by Crippen LogP contribution is -2.26. The summed E-state index contributed by atoms with van der Waals surface area (Å²) in [6.07, 6.45) is 3.10. The van der Waals surface area contributed by atoms with E-state index in [1.807, 2.05) is 25.1 Å². The predicted molar refractivity (Wildman–Crippen MR) is 92.1 cm³/mol. The normalized spacial score (nSPS) is 12.1. The van der Waals surface area contributed by atoms with Crippen molar-refractivity contribution in [2.45, 2.75) is 13.0 Å². The van der Waals surface area contributed by atoms with Gasteiger partial charge in [0.15, 0.2) is 0 Å². The highest BCUT2D eigenvalue weighted by atomic mass is 16.1. The molecule has 0 spiro atoms. The second-order valence-electron chi connectivity index (χ2n) is 5.48. The summed E-state index contributed by atoms with van der Waals surface area (Å²) in [6, 6.07) is 5.57. The van der Waals surface area contributed by atoms with Crippen LogP contribution in [0.1, 0.15) is 17.3 Å². The van der Waals surface area contributed by atoms with E-state index in [-0.39, 0.29) is 11.6 Å². The van der Waals surface area contributed by atoms with Crippen LogP contribution in [0.3, 0.4) is 0 Å². The second kappa shape index (κ2) is 6.50. The summed E-state index contributed by atoms with van der Waals surface area (Å²) in [6.45, 7) is 2.38. The molecule has 0 saturated carbocycles. The minimum atomic E-state index is -0.611. The Balaban J connectivity index is 1.91. The lowest BCUT2D eigenvalue weighted by Gasteiger charge is -2.12. The van der Waals surface area contributed by atoms with Gasteiger partial charge in [-0.2, -0.15) is 10.1 Å². The van der Waals surface area contributed by atoms with Gasteiger partial charge in [-0.25, -0.2) is 4.98 Å². The molecule has 0 unspecified atom stereocenters. The van der Waals surface area contributed by atoms with Crippen LogP contribution in [0.5, 0.6) is 0 Å². The molecule has 24 heavy (non-hydrogen) atoms. The van der Waals surface area contributed by atoms with Crippen LogP contribution < -0.4 is 22.1 Å². The van der Waals surface area contributed by atoms with Gasteiger partial charge >= 0.3 is 0 Å². The van der Waals surface area contributed by atoms with Gasteiger partial charge in [0.25, 0.3) is 5.91 Å². The Bertz CT molecular complexity index is 873. The third-order valence-corrected chi connectivity index (χ3v) is 3.34. The van der Waals surface area contributed by atoms with Crippen molar-refractivity contribution in [3.05, 3.63) is 36.2 Å². The molecule has 1 aromatic carbocycles. The van der Waals surface area contributed by atoms with Gasteiger partial charge in [-0.3, -0.25) is 9.89 Å². The largest absolute Gasteiger partial charge is 0.365 e. The predicted octanol–water partition coefficient (Wildman–Crippen LogP) is 0.954. The van der Waals surface area contributed by atoms with E-state index in [0.717, 1.165) is 16.6 Å². The summed E-state index contributed by atoms with van der Waals surface area (Å²) < 4.78 is 0. The number of rotatable bonds is 6. The molecular weight excluding hydrogens is 308 g/mol. The molecule has 9 heteroatoms. The number of fused-ring (bicyclic) bond motifs is 1. The molecule has 0 radical (unpaired) electrons. The maximum atomic E-state index is 11.6. The molecule has 0 bridgehead atoms. The van der Waals surface area contributed by atoms with E-state index < -0.39 is 5.91 Å². The van der Waals surface area contributed by atoms with Crippen LogP contribution in [0.15, 0.2) is 30.6 Å². The molecule has 7 N–H and O–H groups in total. The van der Waals surface area contributed by atoms with Gasteiger partial charge in [0, 0.05) is 29.9 Å². The van der Waals surface area contributed by atoms with E-state index in [2.05, 4.69) is 30.8 Å². The van der Waals surface area contributed by atoms with Crippen LogP contribution in [0, 0.1) is 0 Å². The van der Waals surface area contributed by atoms with E-state index in [9.17, 15) is 4.79 Å². The number of nitrogens with zero attached hydrogens (tertiary/aromatic N) is 3. The summed E-state index contributed by atoms with van der Waals surface area (Å²) >= 11 is 0. The van der Waals surface area contributed by atoms with E-state index >= 15 is 0 Å². The number of aromatic amines is 1. The van der Waals surface area contributed by atoms with E-state index in [4.69, 9.17) is 11.5 Å². The third-order valence-electron chi connectivity index (χ3n) is 3.34. The minimum absolute atomic E-state index is 0.0516. The van der Waals surface area contributed by atoms with Crippen LogP contribution in [0.2, 0.25) is 0 Å². The lowest BCUT2D eigenvalue weighted by molar-refractivity contribution is 0.100. The van der Waals surface area contributed by atoms with E-state index in [0.29, 0.717) is 18.3 Å². The molecule has 2 heterocycles. The molecule has 124 valence electrons. The molecule has 1 amide bonds. The number of nitrogens with one attached hydrogen (secondary N) is 3. The van der Waals surface area contributed by atoms with Crippen LogP contribution in [0.25, 0.3) is 10.9 Å². The summed E-state index contributed by atoms with van der Waals surface area (Å²) in [5, 5.41) is 13.9. The maximum Gasteiger partial charge on any atom is 0.254 e. The second-order valence-corrected chi connectivity index (χ2v) is 5.48. The number of carbonyl (C=O) groups excluding carboxylic acids is 1. The summed E-state index contributed by atoms with van der Waals surface area (Å²) in [5.74, 6) is 0.0809. The highest BCUT2D eigenvalue weighted by Crippen LogP contribution is 2.22. The number of nitrogens with two attached hydrogens (primary N) is 2. The summed E-state index contributed by atoms with van der Waals surface area (Å²) in [4.78, 5) is 20.0. The molecule has 0 saturated heterocycles. The number of benzene rings is 1. The van der Waals surface area contributed by atoms with Crippen molar-refractivity contribution < 1.29 is 4.79 Å². The van der Waals surface area contributed by atoms with Crippen LogP contribution in [0.4, 0.5) is 17.5 Å². The van der Waals surface area contributed by atoms with Crippen LogP contribution in [-0.2, 0) is 0 Å². The van der Waals surface area contributed by atoms with Crippen LogP contribution in [-0.4, -0.2) is 38.7 Å². The highest BCUT2D eigenvalue weighted by molar-refractivity contribution is 5.98. The van der Waals surface area contributed by atoms with Crippen molar-refractivity contribution in [3.8, 4) is 0 Å². The Morgan fingerprint density at radius 2 is 2.21 bits per heavy atom. The summed E-state index contributed by atoms with van der Waals surface area (Å²) in [5.41, 5.74) is 13.0. The Labute approximate surface area is 137 Å². The van der Waals surface area contributed by atoms with Crippen molar-refractivity contribution in [2.24, 2.45) is 11.5 Å². The van der Waals surface area contributed by atoms with Gasteiger partial charge in [-0.05, 0) is 25.1 Å². The van der Waals surface area contributed by atoms with Gasteiger partial charge in [0.2, 0.25) is 5.95 Å². The molecule has 3 rings (SSSR count).